The van der Waals surface area contributed by atoms with Crippen LogP contribution in [0.25, 0.3) is 0 Å². The highest BCUT2D eigenvalue weighted by molar-refractivity contribution is 5.83. The van der Waals surface area contributed by atoms with Crippen LogP contribution in [-0.2, 0) is 4.79 Å². The molecule has 0 spiro atoms. The van der Waals surface area contributed by atoms with Crippen LogP contribution in [-0.4, -0.2) is 5.91 Å². The summed E-state index contributed by atoms with van der Waals surface area (Å²) in [5, 5.41) is 11.8. The summed E-state index contributed by atoms with van der Waals surface area (Å²) in [7, 11) is 0. The van der Waals surface area contributed by atoms with Gasteiger partial charge in [0.1, 0.15) is 5.82 Å². The lowest BCUT2D eigenvalue weighted by Gasteiger charge is -2.14. The lowest BCUT2D eigenvalue weighted by molar-refractivity contribution is -0.123. The van der Waals surface area contributed by atoms with E-state index >= 15 is 0 Å². The van der Waals surface area contributed by atoms with Crippen LogP contribution in [0, 0.1) is 23.1 Å². The van der Waals surface area contributed by atoms with Crippen molar-refractivity contribution in [2.75, 3.05) is 0 Å². The molecule has 0 bridgehead atoms. The molecule has 23 heavy (non-hydrogen) atoms. The van der Waals surface area contributed by atoms with E-state index in [-0.39, 0.29) is 29.6 Å². The minimum atomic E-state index is -0.243. The smallest absolute Gasteiger partial charge is 0.224 e. The molecular formula is C19H17FN2O. The van der Waals surface area contributed by atoms with E-state index in [1.807, 2.05) is 19.1 Å². The first-order chi connectivity index (χ1) is 11.1. The number of nitriles is 1. The minimum absolute atomic E-state index is 0.0237. The van der Waals surface area contributed by atoms with Crippen molar-refractivity contribution in [3.8, 4) is 6.07 Å². The van der Waals surface area contributed by atoms with Gasteiger partial charge in [-0.3, -0.25) is 4.79 Å². The monoisotopic (exact) mass is 308 g/mol. The van der Waals surface area contributed by atoms with Gasteiger partial charge in [0.25, 0.3) is 0 Å². The Labute approximate surface area is 134 Å². The summed E-state index contributed by atoms with van der Waals surface area (Å²) >= 11 is 0. The summed E-state index contributed by atoms with van der Waals surface area (Å²) in [5.74, 6) is -0.472. The Bertz CT molecular complexity index is 764. The maximum atomic E-state index is 13.8. The quantitative estimate of drug-likeness (QED) is 0.936. The number of amides is 1. The standard InChI is InChI=1S/C19H17FN2O/c1-12(14-8-6-13(11-21)7-9-14)22-19(23)17-10-16(17)15-4-2-3-5-18(15)20/h2-9,12,16-17H,10H2,1H3,(H,22,23). The van der Waals surface area contributed by atoms with Crippen molar-refractivity contribution in [2.24, 2.45) is 5.92 Å². The molecule has 1 N–H and O–H groups in total. The molecule has 3 nitrogen and oxygen atoms in total. The number of nitrogens with one attached hydrogen (secondary N) is 1. The molecule has 1 amide bonds. The van der Waals surface area contributed by atoms with Crippen molar-refractivity contribution in [3.05, 3.63) is 71.0 Å². The third-order valence-electron chi connectivity index (χ3n) is 4.33. The maximum Gasteiger partial charge on any atom is 0.224 e. The number of hydrogen-bond donors (Lipinski definition) is 1. The van der Waals surface area contributed by atoms with E-state index in [1.165, 1.54) is 6.07 Å². The van der Waals surface area contributed by atoms with Gasteiger partial charge in [-0.2, -0.15) is 5.26 Å². The molecule has 1 fully saturated rings. The summed E-state index contributed by atoms with van der Waals surface area (Å²) in [6.45, 7) is 1.90. The highest BCUT2D eigenvalue weighted by Crippen LogP contribution is 2.48. The molecule has 0 heterocycles. The number of carbonyl (C=O) groups is 1. The van der Waals surface area contributed by atoms with E-state index < -0.39 is 0 Å². The third kappa shape index (κ3) is 3.24. The fourth-order valence-corrected chi connectivity index (χ4v) is 2.85. The Morgan fingerprint density at radius 3 is 2.61 bits per heavy atom. The fourth-order valence-electron chi connectivity index (χ4n) is 2.85. The summed E-state index contributed by atoms with van der Waals surface area (Å²) < 4.78 is 13.8. The van der Waals surface area contributed by atoms with Crippen LogP contribution in [0.1, 0.15) is 42.0 Å². The normalized spacial score (nSPS) is 20.4. The summed E-state index contributed by atoms with van der Waals surface area (Å²) in [6, 6.07) is 15.7. The SMILES string of the molecule is CC(NC(=O)C1CC1c1ccccc1F)c1ccc(C#N)cc1. The summed E-state index contributed by atoms with van der Waals surface area (Å²) in [6.07, 6.45) is 0.687. The first-order valence-corrected chi connectivity index (χ1v) is 7.65. The highest BCUT2D eigenvalue weighted by atomic mass is 19.1. The lowest BCUT2D eigenvalue weighted by Crippen LogP contribution is -2.28. The van der Waals surface area contributed by atoms with Crippen LogP contribution in [0.5, 0.6) is 0 Å². The van der Waals surface area contributed by atoms with E-state index in [1.54, 1.807) is 30.3 Å². The highest BCUT2D eigenvalue weighted by Gasteiger charge is 2.45. The number of nitrogens with zero attached hydrogens (tertiary/aromatic N) is 1. The molecule has 2 aromatic rings. The van der Waals surface area contributed by atoms with Gasteiger partial charge >= 0.3 is 0 Å². The predicted octanol–water partition coefficient (Wildman–Crippen LogP) is 3.68. The van der Waals surface area contributed by atoms with Crippen LogP contribution >= 0.6 is 0 Å². The molecule has 0 aliphatic heterocycles. The zero-order chi connectivity index (χ0) is 16.4. The number of hydrogen-bond acceptors (Lipinski definition) is 2. The zero-order valence-electron chi connectivity index (χ0n) is 12.8. The van der Waals surface area contributed by atoms with E-state index in [4.69, 9.17) is 5.26 Å². The zero-order valence-corrected chi connectivity index (χ0v) is 12.8. The lowest BCUT2D eigenvalue weighted by atomic mass is 10.1. The van der Waals surface area contributed by atoms with Crippen molar-refractivity contribution in [2.45, 2.75) is 25.3 Å². The molecule has 0 aromatic heterocycles. The number of halogens is 1. The first-order valence-electron chi connectivity index (χ1n) is 7.65. The Morgan fingerprint density at radius 2 is 1.96 bits per heavy atom. The van der Waals surface area contributed by atoms with Crippen LogP contribution in [0.15, 0.2) is 48.5 Å². The van der Waals surface area contributed by atoms with Crippen LogP contribution in [0.2, 0.25) is 0 Å². The molecule has 1 aliphatic rings. The molecule has 3 atom stereocenters. The molecule has 3 rings (SSSR count). The van der Waals surface area contributed by atoms with Gasteiger partial charge in [0.2, 0.25) is 5.91 Å². The number of carbonyl (C=O) groups excluding carboxylic acids is 1. The van der Waals surface area contributed by atoms with E-state index in [0.29, 0.717) is 17.5 Å². The van der Waals surface area contributed by atoms with Gasteiger partial charge in [-0.05, 0) is 48.6 Å². The van der Waals surface area contributed by atoms with Gasteiger partial charge in [-0.1, -0.05) is 30.3 Å². The fraction of sp³-hybridized carbons (Fsp3) is 0.263. The largest absolute Gasteiger partial charge is 0.349 e. The van der Waals surface area contributed by atoms with E-state index in [2.05, 4.69) is 11.4 Å². The van der Waals surface area contributed by atoms with Crippen LogP contribution in [0.3, 0.4) is 0 Å². The van der Waals surface area contributed by atoms with Crippen molar-refractivity contribution < 1.29 is 9.18 Å². The summed E-state index contributed by atoms with van der Waals surface area (Å²) in [5.41, 5.74) is 2.16. The van der Waals surface area contributed by atoms with Gasteiger partial charge in [0.05, 0.1) is 17.7 Å². The maximum absolute atomic E-state index is 13.8. The van der Waals surface area contributed by atoms with E-state index in [0.717, 1.165) is 5.56 Å². The molecule has 1 aliphatic carbocycles. The second-order valence-electron chi connectivity index (χ2n) is 5.93. The third-order valence-corrected chi connectivity index (χ3v) is 4.33. The average Bonchev–Trinajstić information content (AvgIpc) is 3.36. The van der Waals surface area contributed by atoms with Crippen LogP contribution < -0.4 is 5.32 Å². The van der Waals surface area contributed by atoms with Gasteiger partial charge in [0, 0.05) is 5.92 Å². The second kappa shape index (κ2) is 6.21. The van der Waals surface area contributed by atoms with E-state index in [9.17, 15) is 9.18 Å². The average molecular weight is 308 g/mol. The molecule has 1 saturated carbocycles. The molecule has 116 valence electrons. The van der Waals surface area contributed by atoms with Crippen LogP contribution in [0.4, 0.5) is 4.39 Å². The Kier molecular flexibility index (Phi) is 4.12. The molecule has 4 heteroatoms. The van der Waals surface area contributed by atoms with Gasteiger partial charge in [-0.15, -0.1) is 0 Å². The topological polar surface area (TPSA) is 52.9 Å². The van der Waals surface area contributed by atoms with Crippen molar-refractivity contribution >= 4 is 5.91 Å². The Balaban J connectivity index is 1.62. The molecular weight excluding hydrogens is 291 g/mol. The number of rotatable bonds is 4. The number of benzene rings is 2. The molecule has 3 unspecified atom stereocenters. The second-order valence-corrected chi connectivity index (χ2v) is 5.93. The van der Waals surface area contributed by atoms with Crippen molar-refractivity contribution in [3.63, 3.8) is 0 Å². The van der Waals surface area contributed by atoms with Gasteiger partial charge in [-0.25, -0.2) is 4.39 Å². The minimum Gasteiger partial charge on any atom is -0.349 e. The first kappa shape index (κ1) is 15.2. The van der Waals surface area contributed by atoms with Crippen molar-refractivity contribution in [1.82, 2.24) is 5.32 Å². The van der Waals surface area contributed by atoms with Crippen molar-refractivity contribution in [1.29, 1.82) is 5.26 Å². The Hall–Kier alpha value is -2.67. The molecule has 2 aromatic carbocycles. The van der Waals surface area contributed by atoms with Gasteiger partial charge in [0.15, 0.2) is 0 Å². The molecule has 0 radical (unpaired) electrons. The predicted molar refractivity (Wildman–Crippen MR) is 85.0 cm³/mol. The molecule has 0 saturated heterocycles. The van der Waals surface area contributed by atoms with Gasteiger partial charge < -0.3 is 5.32 Å². The Morgan fingerprint density at radius 1 is 1.26 bits per heavy atom. The summed E-state index contributed by atoms with van der Waals surface area (Å²) in [4.78, 5) is 12.3.